The maximum absolute atomic E-state index is 12.8. The Morgan fingerprint density at radius 1 is 1.24 bits per heavy atom. The number of carbonyl (C=O) groups excluding carboxylic acids is 1. The number of urea groups is 1. The lowest BCUT2D eigenvalue weighted by atomic mass is 9.86. The second-order valence-corrected chi connectivity index (χ2v) is 8.05. The number of amides is 2. The molecular weight excluding hydrogens is 320 g/mol. The van der Waals surface area contributed by atoms with Crippen LogP contribution in [-0.4, -0.2) is 50.9 Å². The van der Waals surface area contributed by atoms with Crippen molar-refractivity contribution in [1.29, 1.82) is 0 Å². The first-order valence-corrected chi connectivity index (χ1v) is 9.26. The molecular formula is C18H26N4O3. The zero-order chi connectivity index (χ0) is 17.6. The third kappa shape index (κ3) is 3.24. The lowest BCUT2D eigenvalue weighted by molar-refractivity contribution is -0.143. The number of fused-ring (bicyclic) bond motifs is 2. The van der Waals surface area contributed by atoms with Gasteiger partial charge in [-0.25, -0.2) is 4.79 Å². The molecule has 0 spiro atoms. The highest BCUT2D eigenvalue weighted by molar-refractivity contribution is 5.77. The number of rotatable bonds is 3. The van der Waals surface area contributed by atoms with Gasteiger partial charge in [-0.1, -0.05) is 6.42 Å². The Labute approximate surface area is 147 Å². The van der Waals surface area contributed by atoms with Gasteiger partial charge in [0.2, 0.25) is 0 Å². The third-order valence-electron chi connectivity index (χ3n) is 6.33. The largest absolute Gasteiger partial charge is 0.481 e. The number of aryl methyl sites for hydroxylation is 1. The molecule has 2 heterocycles. The van der Waals surface area contributed by atoms with E-state index in [2.05, 4.69) is 10.4 Å². The first-order chi connectivity index (χ1) is 12.0. The summed E-state index contributed by atoms with van der Waals surface area (Å²) in [6.45, 7) is 0.848. The van der Waals surface area contributed by atoms with Gasteiger partial charge in [0.05, 0.1) is 12.1 Å². The van der Waals surface area contributed by atoms with E-state index in [4.69, 9.17) is 0 Å². The van der Waals surface area contributed by atoms with Crippen LogP contribution in [0.3, 0.4) is 0 Å². The molecule has 2 aliphatic carbocycles. The molecule has 7 nitrogen and oxygen atoms in total. The van der Waals surface area contributed by atoms with Crippen molar-refractivity contribution < 1.29 is 14.7 Å². The van der Waals surface area contributed by atoms with Gasteiger partial charge in [0.25, 0.3) is 0 Å². The molecule has 5 atom stereocenters. The summed E-state index contributed by atoms with van der Waals surface area (Å²) in [6.07, 6.45) is 9.08. The Kier molecular flexibility index (Phi) is 4.17. The summed E-state index contributed by atoms with van der Waals surface area (Å²) < 4.78 is 1.72. The first-order valence-electron chi connectivity index (χ1n) is 9.26. The zero-order valence-electron chi connectivity index (χ0n) is 14.6. The van der Waals surface area contributed by atoms with Crippen LogP contribution in [0.1, 0.15) is 43.6 Å². The molecule has 1 aromatic heterocycles. The molecule has 0 radical (unpaired) electrons. The van der Waals surface area contributed by atoms with Gasteiger partial charge in [-0.3, -0.25) is 9.48 Å². The van der Waals surface area contributed by atoms with Gasteiger partial charge in [0.15, 0.2) is 0 Å². The third-order valence-corrected chi connectivity index (χ3v) is 6.33. The molecule has 1 aliphatic heterocycles. The van der Waals surface area contributed by atoms with Gasteiger partial charge >= 0.3 is 12.0 Å². The highest BCUT2D eigenvalue weighted by Crippen LogP contribution is 2.44. The highest BCUT2D eigenvalue weighted by Gasteiger charge is 2.42. The molecule has 3 fully saturated rings. The van der Waals surface area contributed by atoms with E-state index in [1.807, 2.05) is 13.2 Å². The zero-order valence-corrected chi connectivity index (χ0v) is 14.6. The van der Waals surface area contributed by atoms with Crippen LogP contribution in [-0.2, 0) is 11.8 Å². The molecule has 3 aliphatic rings. The number of carbonyl (C=O) groups is 2. The number of likely N-dealkylation sites (tertiary alicyclic amines) is 1. The van der Waals surface area contributed by atoms with E-state index < -0.39 is 11.9 Å². The summed E-state index contributed by atoms with van der Waals surface area (Å²) >= 11 is 0. The molecule has 1 saturated heterocycles. The van der Waals surface area contributed by atoms with Crippen molar-refractivity contribution in [2.45, 2.75) is 44.1 Å². The molecule has 2 bridgehead atoms. The minimum Gasteiger partial charge on any atom is -0.481 e. The molecule has 2 saturated carbocycles. The van der Waals surface area contributed by atoms with Gasteiger partial charge in [-0.2, -0.15) is 5.10 Å². The number of carboxylic acids is 1. The molecule has 0 aromatic carbocycles. The van der Waals surface area contributed by atoms with Gasteiger partial charge in [0, 0.05) is 38.3 Å². The van der Waals surface area contributed by atoms with Crippen molar-refractivity contribution in [3.05, 3.63) is 18.0 Å². The number of hydrogen-bond acceptors (Lipinski definition) is 3. The quantitative estimate of drug-likeness (QED) is 0.874. The summed E-state index contributed by atoms with van der Waals surface area (Å²) in [4.78, 5) is 26.1. The molecule has 7 heteroatoms. The van der Waals surface area contributed by atoms with Gasteiger partial charge in [-0.05, 0) is 43.1 Å². The Morgan fingerprint density at radius 3 is 2.68 bits per heavy atom. The summed E-state index contributed by atoms with van der Waals surface area (Å²) in [5.74, 6) is 0.0556. The number of piperidine rings is 1. The van der Waals surface area contributed by atoms with Crippen LogP contribution in [0.5, 0.6) is 0 Å². The van der Waals surface area contributed by atoms with Crippen molar-refractivity contribution in [3.8, 4) is 0 Å². The van der Waals surface area contributed by atoms with Crippen LogP contribution in [0, 0.1) is 17.8 Å². The van der Waals surface area contributed by atoms with Crippen molar-refractivity contribution in [2.75, 3.05) is 13.1 Å². The Balaban J connectivity index is 1.45. The van der Waals surface area contributed by atoms with Crippen molar-refractivity contribution >= 4 is 12.0 Å². The summed E-state index contributed by atoms with van der Waals surface area (Å²) in [5.41, 5.74) is 1.01. The van der Waals surface area contributed by atoms with E-state index in [0.29, 0.717) is 25.4 Å². The second-order valence-electron chi connectivity index (χ2n) is 8.05. The van der Waals surface area contributed by atoms with Crippen molar-refractivity contribution in [1.82, 2.24) is 20.0 Å². The van der Waals surface area contributed by atoms with Crippen LogP contribution < -0.4 is 5.32 Å². The normalized spacial score (nSPS) is 34.3. The standard InChI is InChI=1S/C18H26N4O3/c1-21-8-15(7-19-21)13-6-14(17(23)24)10-22(9-13)18(25)20-16-5-11-2-3-12(16)4-11/h7-8,11-14,16H,2-6,9-10H2,1H3,(H,20,25)(H,23,24)/t11-,12+,13?,14?,16-/m0/s1. The van der Waals surface area contributed by atoms with E-state index in [9.17, 15) is 14.7 Å². The molecule has 2 amide bonds. The smallest absolute Gasteiger partial charge is 0.317 e. The van der Waals surface area contributed by atoms with Crippen LogP contribution in [0.25, 0.3) is 0 Å². The molecule has 1 aromatic rings. The number of aromatic nitrogens is 2. The van der Waals surface area contributed by atoms with Crippen molar-refractivity contribution in [3.63, 3.8) is 0 Å². The lowest BCUT2D eigenvalue weighted by Gasteiger charge is -2.37. The maximum Gasteiger partial charge on any atom is 0.317 e. The van der Waals surface area contributed by atoms with Gasteiger partial charge < -0.3 is 15.3 Å². The summed E-state index contributed by atoms with van der Waals surface area (Å²) in [5, 5.41) is 16.9. The van der Waals surface area contributed by atoms with Gasteiger partial charge in [0.1, 0.15) is 0 Å². The SMILES string of the molecule is Cn1cc(C2CC(C(=O)O)CN(C(=O)N[C@H]3C[C@H]4CC[C@@H]3C4)C2)cn1. The van der Waals surface area contributed by atoms with E-state index in [-0.39, 0.29) is 18.0 Å². The molecule has 4 rings (SSSR count). The topological polar surface area (TPSA) is 87.5 Å². The number of carboxylic acid groups (broad SMARTS) is 1. The molecule has 25 heavy (non-hydrogen) atoms. The van der Waals surface area contributed by atoms with Crippen LogP contribution in [0.4, 0.5) is 4.79 Å². The van der Waals surface area contributed by atoms with E-state index in [0.717, 1.165) is 17.9 Å². The molecule has 136 valence electrons. The Morgan fingerprint density at radius 2 is 2.08 bits per heavy atom. The minimum absolute atomic E-state index is 0.0225. The summed E-state index contributed by atoms with van der Waals surface area (Å²) in [7, 11) is 1.85. The first kappa shape index (κ1) is 16.4. The predicted molar refractivity (Wildman–Crippen MR) is 91.0 cm³/mol. The Bertz CT molecular complexity index is 673. The average Bonchev–Trinajstić information content (AvgIpc) is 3.31. The maximum atomic E-state index is 12.8. The van der Waals surface area contributed by atoms with Crippen LogP contribution >= 0.6 is 0 Å². The van der Waals surface area contributed by atoms with E-state index in [1.54, 1.807) is 15.8 Å². The van der Waals surface area contributed by atoms with E-state index in [1.165, 1.54) is 19.3 Å². The van der Waals surface area contributed by atoms with Gasteiger partial charge in [-0.15, -0.1) is 0 Å². The number of nitrogens with one attached hydrogen (secondary N) is 1. The number of aliphatic carboxylic acids is 1. The predicted octanol–water partition coefficient (Wildman–Crippen LogP) is 1.81. The fourth-order valence-electron chi connectivity index (χ4n) is 5.01. The van der Waals surface area contributed by atoms with Crippen LogP contribution in [0.15, 0.2) is 12.4 Å². The molecule has 2 N–H and O–H groups in total. The fourth-order valence-corrected chi connectivity index (χ4v) is 5.01. The van der Waals surface area contributed by atoms with E-state index >= 15 is 0 Å². The van der Waals surface area contributed by atoms with Crippen molar-refractivity contribution in [2.24, 2.45) is 24.8 Å². The summed E-state index contributed by atoms with van der Waals surface area (Å²) in [6, 6.07) is 0.172. The molecule has 2 unspecified atom stereocenters. The number of nitrogens with zero attached hydrogens (tertiary/aromatic N) is 3. The highest BCUT2D eigenvalue weighted by atomic mass is 16.4. The Hall–Kier alpha value is -2.05. The fraction of sp³-hybridized carbons (Fsp3) is 0.722. The minimum atomic E-state index is -0.827. The van der Waals surface area contributed by atoms with Crippen LogP contribution in [0.2, 0.25) is 0 Å². The monoisotopic (exact) mass is 346 g/mol. The second kappa shape index (κ2) is 6.35. The number of hydrogen-bond donors (Lipinski definition) is 2. The average molecular weight is 346 g/mol. The lowest BCUT2D eigenvalue weighted by Crippen LogP contribution is -2.52.